The van der Waals surface area contributed by atoms with Crippen LogP contribution < -0.4 is 0 Å². The van der Waals surface area contributed by atoms with Crippen LogP contribution in [-0.4, -0.2) is 5.26 Å². The maximum atomic E-state index is 8.97. The highest BCUT2D eigenvalue weighted by Crippen LogP contribution is 2.41. The minimum Gasteiger partial charge on any atom is -0.251 e. The molecule has 1 fully saturated rings. The lowest BCUT2D eigenvalue weighted by Gasteiger charge is -2.25. The monoisotopic (exact) mass is 178 g/mol. The van der Waals surface area contributed by atoms with E-state index in [-0.39, 0.29) is 0 Å². The summed E-state index contributed by atoms with van der Waals surface area (Å²) in [7, 11) is 0. The normalized spacial score (nSPS) is 20.4. The van der Waals surface area contributed by atoms with Crippen LogP contribution in [0, 0.1) is 0 Å². The van der Waals surface area contributed by atoms with Gasteiger partial charge in [-0.1, -0.05) is 30.3 Å². The molecule has 1 aromatic carbocycles. The summed E-state index contributed by atoms with van der Waals surface area (Å²) >= 11 is 0. The van der Waals surface area contributed by atoms with Crippen LogP contribution in [0.1, 0.15) is 31.2 Å². The molecule has 0 aromatic heterocycles. The van der Waals surface area contributed by atoms with Crippen LogP contribution in [0.15, 0.2) is 30.3 Å². The lowest BCUT2D eigenvalue weighted by atomic mass is 9.92. The van der Waals surface area contributed by atoms with E-state index < -0.39 is 5.60 Å². The van der Waals surface area contributed by atoms with Crippen molar-refractivity contribution in [2.75, 3.05) is 0 Å². The first-order valence-corrected chi connectivity index (χ1v) is 4.75. The van der Waals surface area contributed by atoms with Crippen LogP contribution in [0.3, 0.4) is 0 Å². The molecule has 1 aliphatic carbocycles. The zero-order chi connectivity index (χ0) is 9.15. The third kappa shape index (κ3) is 1.47. The number of rotatable bonds is 2. The van der Waals surface area contributed by atoms with Gasteiger partial charge < -0.3 is 0 Å². The standard InChI is InChI=1S/C11H14O2/c12-13-11(8-4-5-9-11)10-6-2-1-3-7-10/h1-3,6-7,12H,4-5,8-9H2. The molecule has 13 heavy (non-hydrogen) atoms. The molecule has 0 radical (unpaired) electrons. The Bertz CT molecular complexity index is 263. The maximum absolute atomic E-state index is 8.97. The second kappa shape index (κ2) is 3.48. The summed E-state index contributed by atoms with van der Waals surface area (Å²) in [5.74, 6) is 0. The molecule has 0 aliphatic heterocycles. The van der Waals surface area contributed by atoms with Gasteiger partial charge in [-0.2, -0.15) is 0 Å². The summed E-state index contributed by atoms with van der Waals surface area (Å²) in [5.41, 5.74) is 0.677. The van der Waals surface area contributed by atoms with E-state index in [1.165, 1.54) is 0 Å². The minimum absolute atomic E-state index is 0.415. The second-order valence-electron chi connectivity index (χ2n) is 3.66. The van der Waals surface area contributed by atoms with E-state index in [0.29, 0.717) is 0 Å². The molecule has 2 heteroatoms. The second-order valence-corrected chi connectivity index (χ2v) is 3.66. The first-order valence-electron chi connectivity index (χ1n) is 4.75. The molecule has 1 saturated carbocycles. The average molecular weight is 178 g/mol. The van der Waals surface area contributed by atoms with Gasteiger partial charge in [0.15, 0.2) is 0 Å². The van der Waals surface area contributed by atoms with Crippen LogP contribution in [-0.2, 0) is 10.5 Å². The topological polar surface area (TPSA) is 29.5 Å². The largest absolute Gasteiger partial charge is 0.251 e. The van der Waals surface area contributed by atoms with Crippen molar-refractivity contribution in [3.63, 3.8) is 0 Å². The maximum Gasteiger partial charge on any atom is 0.128 e. The van der Waals surface area contributed by atoms with Crippen molar-refractivity contribution in [1.82, 2.24) is 0 Å². The Balaban J connectivity index is 2.31. The summed E-state index contributed by atoms with van der Waals surface area (Å²) in [6.45, 7) is 0. The number of hydrogen-bond donors (Lipinski definition) is 1. The highest BCUT2D eigenvalue weighted by atomic mass is 17.1. The SMILES string of the molecule is OOC1(c2ccccc2)CCCC1. The van der Waals surface area contributed by atoms with Gasteiger partial charge in [-0.3, -0.25) is 5.26 Å². The lowest BCUT2D eigenvalue weighted by molar-refractivity contribution is -0.327. The molecule has 0 unspecified atom stereocenters. The van der Waals surface area contributed by atoms with Gasteiger partial charge >= 0.3 is 0 Å². The molecule has 0 atom stereocenters. The summed E-state index contributed by atoms with van der Waals surface area (Å²) in [6, 6.07) is 9.97. The van der Waals surface area contributed by atoms with Crippen molar-refractivity contribution in [1.29, 1.82) is 0 Å². The van der Waals surface area contributed by atoms with Crippen LogP contribution in [0.2, 0.25) is 0 Å². The summed E-state index contributed by atoms with van der Waals surface area (Å²) in [6.07, 6.45) is 4.12. The minimum atomic E-state index is -0.415. The van der Waals surface area contributed by atoms with Crippen LogP contribution >= 0.6 is 0 Å². The van der Waals surface area contributed by atoms with E-state index in [9.17, 15) is 0 Å². The van der Waals surface area contributed by atoms with E-state index in [4.69, 9.17) is 5.26 Å². The molecule has 2 rings (SSSR count). The van der Waals surface area contributed by atoms with Crippen molar-refractivity contribution in [3.05, 3.63) is 35.9 Å². The van der Waals surface area contributed by atoms with Crippen molar-refractivity contribution in [3.8, 4) is 0 Å². The van der Waals surface area contributed by atoms with Gasteiger partial charge in [-0.05, 0) is 31.2 Å². The third-order valence-electron chi connectivity index (χ3n) is 2.89. The molecule has 70 valence electrons. The zero-order valence-electron chi connectivity index (χ0n) is 7.57. The molecule has 2 nitrogen and oxygen atoms in total. The van der Waals surface area contributed by atoms with E-state index in [1.54, 1.807) is 0 Å². The Morgan fingerprint density at radius 1 is 1.08 bits per heavy atom. The molecule has 0 saturated heterocycles. The van der Waals surface area contributed by atoms with Gasteiger partial charge in [0, 0.05) is 0 Å². The molecule has 1 aliphatic rings. The quantitative estimate of drug-likeness (QED) is 0.557. The molecular formula is C11H14O2. The van der Waals surface area contributed by atoms with E-state index in [2.05, 4.69) is 4.89 Å². The fourth-order valence-corrected chi connectivity index (χ4v) is 2.12. The van der Waals surface area contributed by atoms with Gasteiger partial charge in [0.2, 0.25) is 0 Å². The Morgan fingerprint density at radius 2 is 1.69 bits per heavy atom. The predicted molar refractivity (Wildman–Crippen MR) is 50.3 cm³/mol. The first-order chi connectivity index (χ1) is 6.37. The Kier molecular flexibility index (Phi) is 2.34. The van der Waals surface area contributed by atoms with Gasteiger partial charge in [0.25, 0.3) is 0 Å². The number of benzene rings is 1. The van der Waals surface area contributed by atoms with Gasteiger partial charge in [-0.15, -0.1) is 0 Å². The van der Waals surface area contributed by atoms with Crippen molar-refractivity contribution < 1.29 is 10.1 Å². The Hall–Kier alpha value is -0.860. The molecule has 0 amide bonds. The molecular weight excluding hydrogens is 164 g/mol. The predicted octanol–water partition coefficient (Wildman–Crippen LogP) is 2.95. The van der Waals surface area contributed by atoms with Crippen LogP contribution in [0.4, 0.5) is 0 Å². The third-order valence-corrected chi connectivity index (χ3v) is 2.89. The van der Waals surface area contributed by atoms with Crippen molar-refractivity contribution >= 4 is 0 Å². The molecule has 1 aromatic rings. The molecule has 0 heterocycles. The Labute approximate surface area is 78.1 Å². The lowest BCUT2D eigenvalue weighted by Crippen LogP contribution is -2.24. The van der Waals surface area contributed by atoms with Gasteiger partial charge in [0.1, 0.15) is 5.60 Å². The highest BCUT2D eigenvalue weighted by molar-refractivity contribution is 5.23. The fourth-order valence-electron chi connectivity index (χ4n) is 2.12. The van der Waals surface area contributed by atoms with Gasteiger partial charge in [0.05, 0.1) is 0 Å². The van der Waals surface area contributed by atoms with Gasteiger partial charge in [-0.25, -0.2) is 4.89 Å². The summed E-state index contributed by atoms with van der Waals surface area (Å²) < 4.78 is 0. The fraction of sp³-hybridized carbons (Fsp3) is 0.455. The molecule has 0 bridgehead atoms. The van der Waals surface area contributed by atoms with E-state index in [1.807, 2.05) is 30.3 Å². The highest BCUT2D eigenvalue weighted by Gasteiger charge is 2.37. The van der Waals surface area contributed by atoms with E-state index >= 15 is 0 Å². The van der Waals surface area contributed by atoms with Crippen LogP contribution in [0.5, 0.6) is 0 Å². The molecule has 1 N–H and O–H groups in total. The van der Waals surface area contributed by atoms with E-state index in [0.717, 1.165) is 31.2 Å². The molecule has 0 spiro atoms. The number of hydrogen-bond acceptors (Lipinski definition) is 2. The first kappa shape index (κ1) is 8.73. The van der Waals surface area contributed by atoms with Crippen molar-refractivity contribution in [2.24, 2.45) is 0 Å². The smallest absolute Gasteiger partial charge is 0.128 e. The van der Waals surface area contributed by atoms with Crippen LogP contribution in [0.25, 0.3) is 0 Å². The Morgan fingerprint density at radius 3 is 2.23 bits per heavy atom. The zero-order valence-corrected chi connectivity index (χ0v) is 7.57. The average Bonchev–Trinajstić information content (AvgIpc) is 2.69. The summed E-state index contributed by atoms with van der Waals surface area (Å²) in [4.78, 5) is 4.68. The van der Waals surface area contributed by atoms with Crippen molar-refractivity contribution in [2.45, 2.75) is 31.3 Å². The summed E-state index contributed by atoms with van der Waals surface area (Å²) in [5, 5.41) is 8.97.